The van der Waals surface area contributed by atoms with Crippen LogP contribution < -0.4 is 0 Å². The van der Waals surface area contributed by atoms with Crippen molar-refractivity contribution in [2.45, 2.75) is 56.4 Å². The summed E-state index contributed by atoms with van der Waals surface area (Å²) < 4.78 is 27.2. The highest BCUT2D eigenvalue weighted by Gasteiger charge is 2.40. The van der Waals surface area contributed by atoms with E-state index < -0.39 is 10.0 Å². The van der Waals surface area contributed by atoms with Gasteiger partial charge in [-0.15, -0.1) is 0 Å². The van der Waals surface area contributed by atoms with Crippen molar-refractivity contribution in [3.05, 3.63) is 35.9 Å². The van der Waals surface area contributed by atoms with E-state index in [2.05, 4.69) is 0 Å². The summed E-state index contributed by atoms with van der Waals surface area (Å²) in [7, 11) is -3.16. The lowest BCUT2D eigenvalue weighted by Crippen LogP contribution is -2.52. The maximum Gasteiger partial charge on any atom is 0.218 e. The topological polar surface area (TPSA) is 37.4 Å². The van der Waals surface area contributed by atoms with E-state index >= 15 is 0 Å². The number of hydrogen-bond acceptors (Lipinski definition) is 2. The third-order valence-electron chi connectivity index (χ3n) is 4.38. The average Bonchev–Trinajstić information content (AvgIpc) is 2.38. The molecule has 1 aromatic carbocycles. The van der Waals surface area contributed by atoms with Gasteiger partial charge in [-0.05, 0) is 31.2 Å². The van der Waals surface area contributed by atoms with Gasteiger partial charge in [0.1, 0.15) is 0 Å². The smallest absolute Gasteiger partial charge is 0.212 e. The molecule has 4 heteroatoms. The van der Waals surface area contributed by atoms with E-state index in [0.717, 1.165) is 31.2 Å². The Hall–Kier alpha value is -0.870. The molecular formula is C15H21NO2S. The molecule has 2 fully saturated rings. The summed E-state index contributed by atoms with van der Waals surface area (Å²) in [5.74, 6) is 0.154. The Morgan fingerprint density at radius 3 is 2.00 bits per heavy atom. The molecule has 2 heterocycles. The zero-order valence-corrected chi connectivity index (χ0v) is 12.0. The third-order valence-corrected chi connectivity index (χ3v) is 6.32. The van der Waals surface area contributed by atoms with Gasteiger partial charge in [0, 0.05) is 12.1 Å². The van der Waals surface area contributed by atoms with Crippen LogP contribution in [0.3, 0.4) is 0 Å². The van der Waals surface area contributed by atoms with Gasteiger partial charge in [0.15, 0.2) is 0 Å². The van der Waals surface area contributed by atoms with Crippen LogP contribution in [0, 0.1) is 0 Å². The molecule has 0 unspecified atom stereocenters. The van der Waals surface area contributed by atoms with Gasteiger partial charge < -0.3 is 0 Å². The molecular weight excluding hydrogens is 258 g/mol. The van der Waals surface area contributed by atoms with Crippen LogP contribution in [-0.2, 0) is 15.8 Å². The summed E-state index contributed by atoms with van der Waals surface area (Å²) in [6.45, 7) is 0. The first-order valence-corrected chi connectivity index (χ1v) is 8.83. The van der Waals surface area contributed by atoms with Crippen molar-refractivity contribution in [3.8, 4) is 0 Å². The minimum absolute atomic E-state index is 0.154. The molecule has 2 aliphatic rings. The van der Waals surface area contributed by atoms with Gasteiger partial charge in [-0.2, -0.15) is 4.31 Å². The Balaban J connectivity index is 1.83. The third kappa shape index (κ3) is 2.70. The predicted molar refractivity (Wildman–Crippen MR) is 76.2 cm³/mol. The molecule has 3 rings (SSSR count). The summed E-state index contributed by atoms with van der Waals surface area (Å²) in [6, 6.07) is 10.1. The molecule has 0 N–H and O–H groups in total. The normalized spacial score (nSPS) is 28.2. The van der Waals surface area contributed by atoms with Crippen LogP contribution in [0.5, 0.6) is 0 Å². The zero-order valence-electron chi connectivity index (χ0n) is 11.2. The minimum atomic E-state index is -3.16. The van der Waals surface area contributed by atoms with Crippen molar-refractivity contribution < 1.29 is 8.42 Å². The second-order valence-electron chi connectivity index (χ2n) is 5.74. The van der Waals surface area contributed by atoms with Gasteiger partial charge in [0.25, 0.3) is 0 Å². The molecule has 0 aliphatic carbocycles. The molecule has 0 atom stereocenters. The molecule has 2 saturated heterocycles. The molecule has 0 spiro atoms. The average molecular weight is 279 g/mol. The zero-order chi connectivity index (χ0) is 13.3. The molecule has 1 aromatic rings. The van der Waals surface area contributed by atoms with E-state index in [9.17, 15) is 8.42 Å². The molecule has 104 valence electrons. The lowest BCUT2D eigenvalue weighted by atomic mass is 9.87. The highest BCUT2D eigenvalue weighted by molar-refractivity contribution is 7.88. The molecule has 2 bridgehead atoms. The Morgan fingerprint density at radius 2 is 1.47 bits per heavy atom. The monoisotopic (exact) mass is 279 g/mol. The van der Waals surface area contributed by atoms with Crippen LogP contribution in [0.4, 0.5) is 0 Å². The lowest BCUT2D eigenvalue weighted by molar-refractivity contribution is 0.124. The molecule has 0 aromatic heterocycles. The second kappa shape index (κ2) is 5.25. The predicted octanol–water partition coefficient (Wildman–Crippen LogP) is 2.92. The molecule has 0 saturated carbocycles. The number of rotatable bonds is 3. The largest absolute Gasteiger partial charge is 0.218 e. The summed E-state index contributed by atoms with van der Waals surface area (Å²) in [5.41, 5.74) is 0.895. The fourth-order valence-electron chi connectivity index (χ4n) is 3.59. The molecule has 2 aliphatic heterocycles. The summed E-state index contributed by atoms with van der Waals surface area (Å²) in [4.78, 5) is 0. The Labute approximate surface area is 115 Å². The van der Waals surface area contributed by atoms with Crippen LogP contribution in [0.2, 0.25) is 0 Å². The highest BCUT2D eigenvalue weighted by atomic mass is 32.2. The molecule has 3 nitrogen and oxygen atoms in total. The molecule has 0 radical (unpaired) electrons. The van der Waals surface area contributed by atoms with Crippen LogP contribution >= 0.6 is 0 Å². The Kier molecular flexibility index (Phi) is 3.63. The van der Waals surface area contributed by atoms with Gasteiger partial charge in [-0.3, -0.25) is 0 Å². The van der Waals surface area contributed by atoms with Crippen LogP contribution in [0.1, 0.15) is 44.1 Å². The highest BCUT2D eigenvalue weighted by Crippen LogP contribution is 2.36. The van der Waals surface area contributed by atoms with Gasteiger partial charge in [-0.25, -0.2) is 8.42 Å². The van der Waals surface area contributed by atoms with Crippen LogP contribution in [0.15, 0.2) is 30.3 Å². The molecule has 19 heavy (non-hydrogen) atoms. The number of fused-ring (bicyclic) bond motifs is 2. The minimum Gasteiger partial charge on any atom is -0.212 e. The maximum absolute atomic E-state index is 12.7. The SMILES string of the molecule is O=S(=O)(Cc1ccccc1)N1C2CCCC1CCC2. The molecule has 0 amide bonds. The van der Waals surface area contributed by atoms with Crippen molar-refractivity contribution in [1.29, 1.82) is 0 Å². The van der Waals surface area contributed by atoms with Gasteiger partial charge >= 0.3 is 0 Å². The van der Waals surface area contributed by atoms with Gasteiger partial charge in [-0.1, -0.05) is 43.2 Å². The lowest BCUT2D eigenvalue weighted by Gasteiger charge is -2.44. The van der Waals surface area contributed by atoms with Gasteiger partial charge in [0.05, 0.1) is 5.75 Å². The van der Waals surface area contributed by atoms with E-state index in [1.807, 2.05) is 34.6 Å². The Morgan fingerprint density at radius 1 is 0.947 bits per heavy atom. The first-order valence-electron chi connectivity index (χ1n) is 7.22. The van der Waals surface area contributed by atoms with Crippen LogP contribution in [0.25, 0.3) is 0 Å². The van der Waals surface area contributed by atoms with Crippen molar-refractivity contribution >= 4 is 10.0 Å². The first kappa shape index (κ1) is 13.1. The number of sulfonamides is 1. The summed E-state index contributed by atoms with van der Waals surface area (Å²) >= 11 is 0. The number of nitrogens with zero attached hydrogens (tertiary/aromatic N) is 1. The Bertz CT molecular complexity index is 504. The maximum atomic E-state index is 12.7. The quantitative estimate of drug-likeness (QED) is 0.853. The summed E-state index contributed by atoms with van der Waals surface area (Å²) in [6.07, 6.45) is 6.56. The fourth-order valence-corrected chi connectivity index (χ4v) is 5.68. The number of piperidine rings is 2. The van der Waals surface area contributed by atoms with Gasteiger partial charge in [0.2, 0.25) is 10.0 Å². The fraction of sp³-hybridized carbons (Fsp3) is 0.600. The van der Waals surface area contributed by atoms with E-state index in [1.54, 1.807) is 0 Å². The van der Waals surface area contributed by atoms with E-state index in [0.29, 0.717) is 0 Å². The first-order chi connectivity index (χ1) is 9.17. The van der Waals surface area contributed by atoms with Crippen molar-refractivity contribution in [2.24, 2.45) is 0 Å². The summed E-state index contributed by atoms with van der Waals surface area (Å²) in [5, 5.41) is 0. The van der Waals surface area contributed by atoms with E-state index in [4.69, 9.17) is 0 Å². The van der Waals surface area contributed by atoms with Crippen molar-refractivity contribution in [3.63, 3.8) is 0 Å². The number of benzene rings is 1. The van der Waals surface area contributed by atoms with E-state index in [1.165, 1.54) is 12.8 Å². The number of hydrogen-bond donors (Lipinski definition) is 0. The van der Waals surface area contributed by atoms with E-state index in [-0.39, 0.29) is 17.8 Å². The second-order valence-corrected chi connectivity index (χ2v) is 7.62. The van der Waals surface area contributed by atoms with Crippen LogP contribution in [-0.4, -0.2) is 24.8 Å². The standard InChI is InChI=1S/C15H21NO2S/c17-19(18,12-13-6-2-1-3-7-13)16-14-8-4-9-15(16)11-5-10-14/h1-3,6-7,14-15H,4-5,8-12H2. The van der Waals surface area contributed by atoms with Crippen molar-refractivity contribution in [2.75, 3.05) is 0 Å². The van der Waals surface area contributed by atoms with Crippen molar-refractivity contribution in [1.82, 2.24) is 4.31 Å².